The van der Waals surface area contributed by atoms with Gasteiger partial charge in [-0.3, -0.25) is 14.6 Å². The Bertz CT molecular complexity index is 750. The smallest absolute Gasteiger partial charge is 0.234 e. The molecule has 0 unspecified atom stereocenters. The molecule has 1 aromatic carbocycles. The van der Waals surface area contributed by atoms with Gasteiger partial charge >= 0.3 is 0 Å². The zero-order chi connectivity index (χ0) is 19.2. The summed E-state index contributed by atoms with van der Waals surface area (Å²) >= 11 is 1.88. The van der Waals surface area contributed by atoms with E-state index in [4.69, 9.17) is 4.74 Å². The van der Waals surface area contributed by atoms with E-state index in [0.717, 1.165) is 52.2 Å². The average Bonchev–Trinajstić information content (AvgIpc) is 3.41. The first-order chi connectivity index (χ1) is 13.8. The second-order valence-corrected chi connectivity index (χ2v) is 8.79. The van der Waals surface area contributed by atoms with E-state index in [2.05, 4.69) is 57.6 Å². The highest BCUT2D eigenvalue weighted by molar-refractivity contribution is 7.15. The third-order valence-corrected chi connectivity index (χ3v) is 6.60. The van der Waals surface area contributed by atoms with Crippen LogP contribution in [0.25, 0.3) is 10.4 Å². The Hall–Kier alpha value is -1.73. The minimum atomic E-state index is 0.120. The number of thiophene rings is 1. The molecule has 2 fully saturated rings. The van der Waals surface area contributed by atoms with Crippen molar-refractivity contribution >= 4 is 17.2 Å². The Morgan fingerprint density at radius 1 is 1.07 bits per heavy atom. The van der Waals surface area contributed by atoms with E-state index < -0.39 is 0 Å². The predicted octanol–water partition coefficient (Wildman–Crippen LogP) is 2.83. The minimum Gasteiger partial charge on any atom is -0.376 e. The Morgan fingerprint density at radius 2 is 1.86 bits per heavy atom. The lowest BCUT2D eigenvalue weighted by Crippen LogP contribution is -2.49. The number of hydrogen-bond acceptors (Lipinski definition) is 5. The summed E-state index contributed by atoms with van der Waals surface area (Å²) in [5.74, 6) is 0.120. The fourth-order valence-corrected chi connectivity index (χ4v) is 4.89. The van der Waals surface area contributed by atoms with Crippen LogP contribution in [0.2, 0.25) is 0 Å². The van der Waals surface area contributed by atoms with Crippen LogP contribution < -0.4 is 5.32 Å². The Morgan fingerprint density at radius 3 is 2.61 bits per heavy atom. The van der Waals surface area contributed by atoms with Crippen LogP contribution in [0.15, 0.2) is 42.5 Å². The minimum absolute atomic E-state index is 0.120. The van der Waals surface area contributed by atoms with Gasteiger partial charge in [0.05, 0.1) is 12.6 Å². The van der Waals surface area contributed by atoms with Gasteiger partial charge in [0.15, 0.2) is 0 Å². The molecule has 1 N–H and O–H groups in total. The lowest BCUT2D eigenvalue weighted by Gasteiger charge is -2.34. The van der Waals surface area contributed by atoms with Crippen molar-refractivity contribution < 1.29 is 9.53 Å². The average molecular weight is 400 g/mol. The Kier molecular flexibility index (Phi) is 6.75. The van der Waals surface area contributed by atoms with Gasteiger partial charge in [0.2, 0.25) is 5.91 Å². The second kappa shape index (κ2) is 9.65. The fraction of sp³-hybridized carbons (Fsp3) is 0.500. The van der Waals surface area contributed by atoms with Crippen LogP contribution in [0.3, 0.4) is 0 Å². The van der Waals surface area contributed by atoms with Crippen LogP contribution >= 0.6 is 11.3 Å². The molecule has 2 aliphatic rings. The molecule has 0 saturated carbocycles. The van der Waals surface area contributed by atoms with Crippen molar-refractivity contribution in [2.45, 2.75) is 25.5 Å². The Balaban J connectivity index is 1.18. The molecule has 2 aromatic rings. The molecule has 5 nitrogen and oxygen atoms in total. The largest absolute Gasteiger partial charge is 0.376 e. The lowest BCUT2D eigenvalue weighted by atomic mass is 10.2. The molecule has 1 aromatic heterocycles. The molecular formula is C22H29N3O2S. The summed E-state index contributed by atoms with van der Waals surface area (Å²) in [6, 6.07) is 15.0. The molecule has 150 valence electrons. The molecule has 4 rings (SSSR count). The van der Waals surface area contributed by atoms with E-state index in [-0.39, 0.29) is 12.0 Å². The van der Waals surface area contributed by atoms with Gasteiger partial charge in [-0.1, -0.05) is 30.3 Å². The molecule has 0 aliphatic carbocycles. The number of carbonyl (C=O) groups excluding carboxylic acids is 1. The molecule has 28 heavy (non-hydrogen) atoms. The van der Waals surface area contributed by atoms with Gasteiger partial charge in [0.1, 0.15) is 0 Å². The van der Waals surface area contributed by atoms with Crippen LogP contribution in [0.5, 0.6) is 0 Å². The van der Waals surface area contributed by atoms with Gasteiger partial charge in [-0.2, -0.15) is 0 Å². The summed E-state index contributed by atoms with van der Waals surface area (Å²) in [6.07, 6.45) is 2.39. The quantitative estimate of drug-likeness (QED) is 0.778. The van der Waals surface area contributed by atoms with Crippen LogP contribution in [0.4, 0.5) is 0 Å². The third-order valence-electron chi connectivity index (χ3n) is 5.48. The third kappa shape index (κ3) is 5.41. The summed E-state index contributed by atoms with van der Waals surface area (Å²) in [5, 5.41) is 3.02. The zero-order valence-corrected chi connectivity index (χ0v) is 17.1. The molecule has 3 heterocycles. The number of nitrogens with one attached hydrogen (secondary N) is 1. The van der Waals surface area contributed by atoms with Crippen LogP contribution in [0.1, 0.15) is 17.7 Å². The fourth-order valence-electron chi connectivity index (χ4n) is 3.84. The van der Waals surface area contributed by atoms with Crippen molar-refractivity contribution in [2.24, 2.45) is 0 Å². The summed E-state index contributed by atoms with van der Waals surface area (Å²) in [5.41, 5.74) is 1.29. The molecule has 1 atom stereocenters. The van der Waals surface area contributed by atoms with E-state index in [9.17, 15) is 4.79 Å². The van der Waals surface area contributed by atoms with Crippen LogP contribution in [-0.2, 0) is 16.1 Å². The van der Waals surface area contributed by atoms with E-state index in [1.807, 2.05) is 11.3 Å². The molecule has 0 radical (unpaired) electrons. The predicted molar refractivity (Wildman–Crippen MR) is 113 cm³/mol. The molecular weight excluding hydrogens is 370 g/mol. The number of nitrogens with zero attached hydrogens (tertiary/aromatic N) is 2. The molecule has 0 spiro atoms. The van der Waals surface area contributed by atoms with Crippen molar-refractivity contribution in [3.05, 3.63) is 47.3 Å². The SMILES string of the molecule is O=C(CN1CCN(Cc2ccc(-c3ccccc3)s2)CC1)NC[C@H]1CCCO1. The molecule has 2 saturated heterocycles. The second-order valence-electron chi connectivity index (χ2n) is 7.62. The van der Waals surface area contributed by atoms with Crippen LogP contribution in [0, 0.1) is 0 Å². The van der Waals surface area contributed by atoms with Gasteiger partial charge in [0.25, 0.3) is 0 Å². The lowest BCUT2D eigenvalue weighted by molar-refractivity contribution is -0.123. The molecule has 1 amide bonds. The van der Waals surface area contributed by atoms with Crippen LogP contribution in [-0.4, -0.2) is 67.7 Å². The monoisotopic (exact) mass is 399 g/mol. The first-order valence-corrected chi connectivity index (χ1v) is 11.0. The number of hydrogen-bond donors (Lipinski definition) is 1. The summed E-state index contributed by atoms with van der Waals surface area (Å²) < 4.78 is 5.56. The molecule has 2 aliphatic heterocycles. The first kappa shape index (κ1) is 19.6. The van der Waals surface area contributed by atoms with Crippen molar-refractivity contribution in [3.8, 4) is 10.4 Å². The van der Waals surface area contributed by atoms with E-state index in [0.29, 0.717) is 13.1 Å². The highest BCUT2D eigenvalue weighted by atomic mass is 32.1. The molecule has 6 heteroatoms. The van der Waals surface area contributed by atoms with Gasteiger partial charge in [-0.15, -0.1) is 11.3 Å². The molecule has 0 bridgehead atoms. The van der Waals surface area contributed by atoms with E-state index in [1.54, 1.807) is 0 Å². The number of amides is 1. The van der Waals surface area contributed by atoms with E-state index in [1.165, 1.54) is 15.3 Å². The summed E-state index contributed by atoms with van der Waals surface area (Å²) in [4.78, 5) is 19.6. The van der Waals surface area contributed by atoms with Crippen molar-refractivity contribution in [2.75, 3.05) is 45.9 Å². The van der Waals surface area contributed by atoms with Gasteiger partial charge < -0.3 is 10.1 Å². The number of benzene rings is 1. The van der Waals surface area contributed by atoms with E-state index >= 15 is 0 Å². The first-order valence-electron chi connectivity index (χ1n) is 10.2. The normalized spacial score (nSPS) is 21.1. The maximum atomic E-state index is 12.2. The van der Waals surface area contributed by atoms with Crippen molar-refractivity contribution in [1.82, 2.24) is 15.1 Å². The number of ether oxygens (including phenoxy) is 1. The Labute approximate surface area is 171 Å². The summed E-state index contributed by atoms with van der Waals surface area (Å²) in [6.45, 7) is 6.90. The standard InChI is InChI=1S/C22H29N3O2S/c26-22(23-15-19-7-4-14-27-19)17-25-12-10-24(11-13-25)16-20-8-9-21(28-20)18-5-2-1-3-6-18/h1-3,5-6,8-9,19H,4,7,10-17H2,(H,23,26)/t19-/m1/s1. The van der Waals surface area contributed by atoms with Crippen molar-refractivity contribution in [3.63, 3.8) is 0 Å². The number of rotatable bonds is 7. The van der Waals surface area contributed by atoms with Gasteiger partial charge in [0, 0.05) is 55.6 Å². The number of carbonyl (C=O) groups is 1. The van der Waals surface area contributed by atoms with Gasteiger partial charge in [-0.25, -0.2) is 0 Å². The maximum absolute atomic E-state index is 12.2. The topological polar surface area (TPSA) is 44.8 Å². The zero-order valence-electron chi connectivity index (χ0n) is 16.3. The number of piperazine rings is 1. The maximum Gasteiger partial charge on any atom is 0.234 e. The van der Waals surface area contributed by atoms with Crippen molar-refractivity contribution in [1.29, 1.82) is 0 Å². The summed E-state index contributed by atoms with van der Waals surface area (Å²) in [7, 11) is 0. The van der Waals surface area contributed by atoms with Gasteiger partial charge in [-0.05, 0) is 30.5 Å². The highest BCUT2D eigenvalue weighted by Gasteiger charge is 2.21. The highest BCUT2D eigenvalue weighted by Crippen LogP contribution is 2.28.